The number of amides is 1. The van der Waals surface area contributed by atoms with E-state index in [1.54, 1.807) is 16.9 Å². The summed E-state index contributed by atoms with van der Waals surface area (Å²) < 4.78 is 5.59. The van der Waals surface area contributed by atoms with Gasteiger partial charge in [-0.15, -0.1) is 10.2 Å². The molecule has 0 saturated carbocycles. The van der Waals surface area contributed by atoms with Gasteiger partial charge in [-0.2, -0.15) is 5.10 Å². The smallest absolute Gasteiger partial charge is 0.274 e. The van der Waals surface area contributed by atoms with Crippen LogP contribution in [0.2, 0.25) is 0 Å². The Kier molecular flexibility index (Phi) is 5.48. The van der Waals surface area contributed by atoms with E-state index in [2.05, 4.69) is 32.4 Å². The molecule has 1 aromatic carbocycles. The van der Waals surface area contributed by atoms with Gasteiger partial charge in [0.1, 0.15) is 23.5 Å². The van der Waals surface area contributed by atoms with E-state index in [-0.39, 0.29) is 5.91 Å². The molecule has 37 heavy (non-hydrogen) atoms. The fraction of sp³-hybridized carbons (Fsp3) is 0.185. The Morgan fingerprint density at radius 1 is 1.08 bits per heavy atom. The van der Waals surface area contributed by atoms with Gasteiger partial charge >= 0.3 is 0 Å². The maximum Gasteiger partial charge on any atom is 0.274 e. The molecule has 0 fully saturated rings. The summed E-state index contributed by atoms with van der Waals surface area (Å²) in [5, 5.41) is 16.9. The molecule has 0 aliphatic heterocycles. The monoisotopic (exact) mass is 491 g/mol. The maximum absolute atomic E-state index is 13.4. The van der Waals surface area contributed by atoms with Crippen molar-refractivity contribution in [2.24, 2.45) is 0 Å². The third kappa shape index (κ3) is 4.02. The zero-order valence-electron chi connectivity index (χ0n) is 20.8. The van der Waals surface area contributed by atoms with Crippen LogP contribution in [0, 0.1) is 13.8 Å². The lowest BCUT2D eigenvalue weighted by Gasteiger charge is -2.09. The molecule has 0 bridgehead atoms. The van der Waals surface area contributed by atoms with Gasteiger partial charge in [-0.05, 0) is 50.6 Å². The summed E-state index contributed by atoms with van der Waals surface area (Å²) in [4.78, 5) is 22.5. The van der Waals surface area contributed by atoms with Crippen LogP contribution in [0.25, 0.3) is 22.2 Å². The predicted octanol–water partition coefficient (Wildman–Crippen LogP) is 4.14. The van der Waals surface area contributed by atoms with Crippen LogP contribution in [0.15, 0.2) is 67.3 Å². The molecule has 0 radical (unpaired) electrons. The van der Waals surface area contributed by atoms with E-state index in [0.29, 0.717) is 17.9 Å². The van der Waals surface area contributed by atoms with Gasteiger partial charge in [0.2, 0.25) is 0 Å². The van der Waals surface area contributed by atoms with Crippen LogP contribution < -0.4 is 5.32 Å². The second-order valence-corrected chi connectivity index (χ2v) is 8.89. The first-order chi connectivity index (χ1) is 18.0. The number of aromatic nitrogens is 8. The summed E-state index contributed by atoms with van der Waals surface area (Å²) >= 11 is 0. The van der Waals surface area contributed by atoms with Crippen molar-refractivity contribution in [1.82, 2.24) is 38.9 Å². The van der Waals surface area contributed by atoms with Crippen LogP contribution in [-0.4, -0.2) is 44.8 Å². The minimum absolute atomic E-state index is 0.247. The topological polar surface area (TPSA) is 108 Å². The van der Waals surface area contributed by atoms with Crippen molar-refractivity contribution in [3.05, 3.63) is 95.9 Å². The molecule has 10 heteroatoms. The van der Waals surface area contributed by atoms with Crippen molar-refractivity contribution in [3.63, 3.8) is 0 Å². The van der Waals surface area contributed by atoms with Crippen LogP contribution >= 0.6 is 0 Å². The highest BCUT2D eigenvalue weighted by Crippen LogP contribution is 2.28. The number of rotatable bonds is 6. The highest BCUT2D eigenvalue weighted by Gasteiger charge is 2.18. The first-order valence-corrected chi connectivity index (χ1v) is 12.1. The van der Waals surface area contributed by atoms with Gasteiger partial charge < -0.3 is 5.32 Å². The van der Waals surface area contributed by atoms with Crippen LogP contribution in [-0.2, 0) is 13.0 Å². The van der Waals surface area contributed by atoms with Crippen LogP contribution in [0.1, 0.15) is 40.3 Å². The fourth-order valence-corrected chi connectivity index (χ4v) is 4.64. The third-order valence-corrected chi connectivity index (χ3v) is 6.42. The number of carbonyl (C=O) groups is 1. The molecule has 1 amide bonds. The van der Waals surface area contributed by atoms with E-state index >= 15 is 0 Å². The van der Waals surface area contributed by atoms with Gasteiger partial charge in [-0.1, -0.05) is 19.1 Å². The molecule has 0 spiro atoms. The second kappa shape index (κ2) is 8.98. The summed E-state index contributed by atoms with van der Waals surface area (Å²) in [6.45, 7) is 6.48. The largest absolute Gasteiger partial charge is 0.320 e. The minimum Gasteiger partial charge on any atom is -0.320 e. The number of anilines is 1. The lowest BCUT2D eigenvalue weighted by Crippen LogP contribution is -2.14. The number of aryl methyl sites for hydroxylation is 3. The Morgan fingerprint density at radius 2 is 1.95 bits per heavy atom. The molecule has 0 aliphatic carbocycles. The molecule has 5 heterocycles. The molecule has 10 nitrogen and oxygen atoms in total. The van der Waals surface area contributed by atoms with Crippen molar-refractivity contribution in [2.75, 3.05) is 5.32 Å². The fourth-order valence-electron chi connectivity index (χ4n) is 4.64. The number of nitrogens with one attached hydrogen (secondary N) is 1. The number of imidazole rings is 1. The molecule has 0 unspecified atom stereocenters. The number of hydrogen-bond donors (Lipinski definition) is 1. The molecule has 6 aromatic rings. The predicted molar refractivity (Wildman–Crippen MR) is 140 cm³/mol. The Hall–Kier alpha value is -4.86. The molecule has 0 saturated heterocycles. The van der Waals surface area contributed by atoms with Gasteiger partial charge in [0.15, 0.2) is 0 Å². The molecule has 1 N–H and O–H groups in total. The maximum atomic E-state index is 13.4. The molecule has 0 aliphatic rings. The number of nitrogens with zero attached hydrogens (tertiary/aromatic N) is 8. The first-order valence-electron chi connectivity index (χ1n) is 12.1. The number of carbonyl (C=O) groups excluding carboxylic acids is 1. The van der Waals surface area contributed by atoms with Gasteiger partial charge in [0.05, 0.1) is 41.0 Å². The zero-order chi connectivity index (χ0) is 25.5. The third-order valence-electron chi connectivity index (χ3n) is 6.42. The Balaban J connectivity index is 1.33. The van der Waals surface area contributed by atoms with Crippen LogP contribution in [0.4, 0.5) is 5.69 Å². The van der Waals surface area contributed by atoms with Crippen molar-refractivity contribution in [3.8, 4) is 5.69 Å². The lowest BCUT2D eigenvalue weighted by molar-refractivity contribution is 0.102. The van der Waals surface area contributed by atoms with E-state index in [1.807, 2.05) is 77.8 Å². The Bertz CT molecular complexity index is 1780. The first kappa shape index (κ1) is 22.6. The molecule has 184 valence electrons. The van der Waals surface area contributed by atoms with Gasteiger partial charge in [0.25, 0.3) is 5.91 Å². The van der Waals surface area contributed by atoms with E-state index in [4.69, 9.17) is 5.10 Å². The minimum atomic E-state index is -0.247. The summed E-state index contributed by atoms with van der Waals surface area (Å²) in [6.07, 6.45) is 5.80. The van der Waals surface area contributed by atoms with Gasteiger partial charge in [-0.3, -0.25) is 23.4 Å². The highest BCUT2D eigenvalue weighted by molar-refractivity contribution is 6.08. The SMILES string of the molecule is CCc1nn(Cc2cccc(C)n2)c2cccc(NC(=O)c3cnc4cc(-n5cnnc5C)ccn34)c12. The summed E-state index contributed by atoms with van der Waals surface area (Å²) in [5.41, 5.74) is 6.46. The molecule has 0 atom stereocenters. The summed E-state index contributed by atoms with van der Waals surface area (Å²) in [5.74, 6) is 0.524. The number of pyridine rings is 2. The van der Waals surface area contributed by atoms with Gasteiger partial charge in [0, 0.05) is 23.3 Å². The molecular formula is C27H25N9O. The van der Waals surface area contributed by atoms with Crippen LogP contribution in [0.3, 0.4) is 0 Å². The van der Waals surface area contributed by atoms with E-state index < -0.39 is 0 Å². The lowest BCUT2D eigenvalue weighted by atomic mass is 10.1. The average Bonchev–Trinajstić information content (AvgIpc) is 3.61. The Morgan fingerprint density at radius 3 is 2.73 bits per heavy atom. The average molecular weight is 492 g/mol. The van der Waals surface area contributed by atoms with Crippen molar-refractivity contribution in [1.29, 1.82) is 0 Å². The zero-order valence-corrected chi connectivity index (χ0v) is 20.8. The molecule has 6 rings (SSSR count). The quantitative estimate of drug-likeness (QED) is 0.375. The van der Waals surface area contributed by atoms with Gasteiger partial charge in [-0.25, -0.2) is 4.98 Å². The summed E-state index contributed by atoms with van der Waals surface area (Å²) in [6, 6.07) is 15.6. The van der Waals surface area contributed by atoms with Crippen molar-refractivity contribution >= 4 is 28.1 Å². The second-order valence-electron chi connectivity index (χ2n) is 8.89. The summed E-state index contributed by atoms with van der Waals surface area (Å²) in [7, 11) is 0. The normalized spacial score (nSPS) is 11.4. The van der Waals surface area contributed by atoms with Crippen molar-refractivity contribution in [2.45, 2.75) is 33.7 Å². The Labute approximate surface area is 212 Å². The van der Waals surface area contributed by atoms with Crippen LogP contribution in [0.5, 0.6) is 0 Å². The molecule has 5 aromatic heterocycles. The standard InChI is InChI=1S/C27H25N9O/c1-4-21-26-22(9-6-10-23(26)36(33-21)15-19-8-5-7-17(2)30-19)31-27(37)24-14-28-25-13-20(11-12-34(24)25)35-16-29-32-18(35)3/h5-14,16H,4,15H2,1-3H3,(H,31,37). The van der Waals surface area contributed by atoms with E-state index in [0.717, 1.165) is 51.6 Å². The highest BCUT2D eigenvalue weighted by atomic mass is 16.2. The number of fused-ring (bicyclic) bond motifs is 2. The van der Waals surface area contributed by atoms with E-state index in [9.17, 15) is 4.79 Å². The molecular weight excluding hydrogens is 466 g/mol. The van der Waals surface area contributed by atoms with Crippen molar-refractivity contribution < 1.29 is 4.79 Å². The van der Waals surface area contributed by atoms with E-state index in [1.165, 1.54) is 0 Å². The number of hydrogen-bond acceptors (Lipinski definition) is 6. The number of benzene rings is 1.